The molecule has 7 heteroatoms. The van der Waals surface area contributed by atoms with Crippen LogP contribution in [0.1, 0.15) is 11.1 Å². The Bertz CT molecular complexity index is 414. The molecule has 0 bridgehead atoms. The zero-order valence-corrected chi connectivity index (χ0v) is 11.9. The normalized spacial score (nSPS) is 13.4. The molecular formula is C12H15ClF3NOS. The van der Waals surface area contributed by atoms with Crippen molar-refractivity contribution in [2.75, 3.05) is 24.0 Å². The minimum Gasteiger partial charge on any atom is -0.390 e. The molecule has 19 heavy (non-hydrogen) atoms. The standard InChI is InChI=1S/C12H15ClF3NOS/c1-19-7-8-3-2-4-10(12(14,15)16)11(8)17-6-9(18)5-13/h2-4,9,17-18H,5-7H2,1H3. The number of thioether (sulfide) groups is 1. The summed E-state index contributed by atoms with van der Waals surface area (Å²) >= 11 is 6.86. The van der Waals surface area contributed by atoms with E-state index < -0.39 is 17.8 Å². The molecule has 108 valence electrons. The van der Waals surface area contributed by atoms with Crippen LogP contribution >= 0.6 is 23.4 Å². The first kappa shape index (κ1) is 16.5. The molecule has 2 N–H and O–H groups in total. The Balaban J connectivity index is 3.07. The molecular weight excluding hydrogens is 299 g/mol. The van der Waals surface area contributed by atoms with E-state index in [9.17, 15) is 18.3 Å². The number of hydrogen-bond acceptors (Lipinski definition) is 3. The van der Waals surface area contributed by atoms with E-state index in [4.69, 9.17) is 11.6 Å². The highest BCUT2D eigenvalue weighted by Gasteiger charge is 2.34. The van der Waals surface area contributed by atoms with Crippen molar-refractivity contribution >= 4 is 29.1 Å². The summed E-state index contributed by atoms with van der Waals surface area (Å²) in [6, 6.07) is 4.05. The second-order valence-electron chi connectivity index (χ2n) is 3.96. The Kier molecular flexibility index (Phi) is 6.29. The van der Waals surface area contributed by atoms with Crippen molar-refractivity contribution in [1.82, 2.24) is 0 Å². The smallest absolute Gasteiger partial charge is 0.390 e. The Morgan fingerprint density at radius 3 is 2.63 bits per heavy atom. The van der Waals surface area contributed by atoms with Crippen molar-refractivity contribution in [2.45, 2.75) is 18.0 Å². The summed E-state index contributed by atoms with van der Waals surface area (Å²) in [5, 5.41) is 12.0. The number of hydrogen-bond donors (Lipinski definition) is 2. The molecule has 0 saturated carbocycles. The van der Waals surface area contributed by atoms with E-state index in [2.05, 4.69) is 5.32 Å². The molecule has 1 aromatic rings. The largest absolute Gasteiger partial charge is 0.418 e. The number of halogens is 4. The summed E-state index contributed by atoms with van der Waals surface area (Å²) in [5.41, 5.74) is -0.140. The topological polar surface area (TPSA) is 32.3 Å². The monoisotopic (exact) mass is 313 g/mol. The quantitative estimate of drug-likeness (QED) is 0.787. The van der Waals surface area contributed by atoms with E-state index >= 15 is 0 Å². The van der Waals surface area contributed by atoms with Gasteiger partial charge in [0.25, 0.3) is 0 Å². The van der Waals surface area contributed by atoms with Crippen LogP contribution in [0.15, 0.2) is 18.2 Å². The van der Waals surface area contributed by atoms with Crippen LogP contribution in [0.5, 0.6) is 0 Å². The van der Waals surface area contributed by atoms with E-state index in [0.29, 0.717) is 11.3 Å². The van der Waals surface area contributed by atoms with Gasteiger partial charge < -0.3 is 10.4 Å². The third-order valence-electron chi connectivity index (χ3n) is 2.45. The SMILES string of the molecule is CSCc1cccc(C(F)(F)F)c1NCC(O)CCl. The number of aliphatic hydroxyl groups is 1. The lowest BCUT2D eigenvalue weighted by atomic mass is 10.1. The first-order valence-electron chi connectivity index (χ1n) is 5.56. The van der Waals surface area contributed by atoms with Crippen molar-refractivity contribution in [3.05, 3.63) is 29.3 Å². The van der Waals surface area contributed by atoms with Gasteiger partial charge in [-0.3, -0.25) is 0 Å². The maximum Gasteiger partial charge on any atom is 0.418 e. The zero-order valence-electron chi connectivity index (χ0n) is 10.3. The lowest BCUT2D eigenvalue weighted by Gasteiger charge is -2.19. The van der Waals surface area contributed by atoms with Crippen LogP contribution in [0, 0.1) is 0 Å². The third-order valence-corrected chi connectivity index (χ3v) is 3.40. The molecule has 0 radical (unpaired) electrons. The van der Waals surface area contributed by atoms with Gasteiger partial charge in [0.15, 0.2) is 0 Å². The summed E-state index contributed by atoms with van der Waals surface area (Å²) in [6.45, 7) is -0.0159. The number of alkyl halides is 4. The lowest BCUT2D eigenvalue weighted by Crippen LogP contribution is -2.23. The Morgan fingerprint density at radius 1 is 1.42 bits per heavy atom. The van der Waals surface area contributed by atoms with Crippen molar-refractivity contribution < 1.29 is 18.3 Å². The van der Waals surface area contributed by atoms with Gasteiger partial charge in [0.2, 0.25) is 0 Å². The predicted molar refractivity (Wildman–Crippen MR) is 73.9 cm³/mol. The molecule has 0 amide bonds. The molecule has 0 aromatic heterocycles. The van der Waals surface area contributed by atoms with Gasteiger partial charge in [0.1, 0.15) is 0 Å². The van der Waals surface area contributed by atoms with Crippen LogP contribution < -0.4 is 5.32 Å². The fourth-order valence-electron chi connectivity index (χ4n) is 1.60. The number of aliphatic hydroxyl groups excluding tert-OH is 1. The highest BCUT2D eigenvalue weighted by atomic mass is 35.5. The van der Waals surface area contributed by atoms with Crippen molar-refractivity contribution in [2.24, 2.45) is 0 Å². The molecule has 0 fully saturated rings. The average molecular weight is 314 g/mol. The van der Waals surface area contributed by atoms with E-state index in [-0.39, 0.29) is 18.1 Å². The van der Waals surface area contributed by atoms with E-state index in [1.54, 1.807) is 6.07 Å². The van der Waals surface area contributed by atoms with Crippen LogP contribution in [0.3, 0.4) is 0 Å². The average Bonchev–Trinajstić information content (AvgIpc) is 2.35. The number of anilines is 1. The van der Waals surface area contributed by atoms with Gasteiger partial charge in [0.05, 0.1) is 23.2 Å². The fourth-order valence-corrected chi connectivity index (χ4v) is 2.26. The predicted octanol–water partition coefficient (Wildman–Crippen LogP) is 3.58. The summed E-state index contributed by atoms with van der Waals surface area (Å²) in [4.78, 5) is 0. The molecule has 1 atom stereocenters. The van der Waals surface area contributed by atoms with Crippen LogP contribution in [0.4, 0.5) is 18.9 Å². The minimum absolute atomic E-state index is 0.0159. The van der Waals surface area contributed by atoms with Gasteiger partial charge in [-0.2, -0.15) is 24.9 Å². The minimum atomic E-state index is -4.43. The summed E-state index contributed by atoms with van der Waals surface area (Å²) in [5.74, 6) is 0.433. The second kappa shape index (κ2) is 7.26. The van der Waals surface area contributed by atoms with Gasteiger partial charge in [-0.25, -0.2) is 0 Å². The Hall–Kier alpha value is -0.590. The summed E-state index contributed by atoms with van der Waals surface area (Å²) in [6.07, 6.45) is -3.49. The zero-order chi connectivity index (χ0) is 14.5. The first-order chi connectivity index (χ1) is 8.90. The third kappa shape index (κ3) is 4.78. The number of benzene rings is 1. The van der Waals surface area contributed by atoms with Gasteiger partial charge in [-0.1, -0.05) is 12.1 Å². The van der Waals surface area contributed by atoms with Crippen LogP contribution in [0.25, 0.3) is 0 Å². The van der Waals surface area contributed by atoms with Crippen molar-refractivity contribution in [3.8, 4) is 0 Å². The van der Waals surface area contributed by atoms with E-state index in [0.717, 1.165) is 6.07 Å². The highest BCUT2D eigenvalue weighted by molar-refractivity contribution is 7.97. The lowest BCUT2D eigenvalue weighted by molar-refractivity contribution is -0.137. The van der Waals surface area contributed by atoms with E-state index in [1.807, 2.05) is 6.26 Å². The Morgan fingerprint density at radius 2 is 2.11 bits per heavy atom. The van der Waals surface area contributed by atoms with Crippen molar-refractivity contribution in [3.63, 3.8) is 0 Å². The Labute approximate surface area is 119 Å². The number of rotatable bonds is 6. The molecule has 0 aliphatic carbocycles. The van der Waals surface area contributed by atoms with Gasteiger partial charge in [-0.05, 0) is 17.9 Å². The highest BCUT2D eigenvalue weighted by Crippen LogP contribution is 2.37. The molecule has 1 unspecified atom stereocenters. The van der Waals surface area contributed by atoms with Gasteiger partial charge in [-0.15, -0.1) is 11.6 Å². The van der Waals surface area contributed by atoms with E-state index in [1.165, 1.54) is 17.8 Å². The molecule has 2 nitrogen and oxygen atoms in total. The number of nitrogens with one attached hydrogen (secondary N) is 1. The molecule has 0 aliphatic heterocycles. The van der Waals surface area contributed by atoms with Crippen molar-refractivity contribution in [1.29, 1.82) is 0 Å². The first-order valence-corrected chi connectivity index (χ1v) is 7.49. The van der Waals surface area contributed by atoms with Gasteiger partial charge >= 0.3 is 6.18 Å². The maximum absolute atomic E-state index is 12.9. The fraction of sp³-hybridized carbons (Fsp3) is 0.500. The summed E-state index contributed by atoms with van der Waals surface area (Å²) < 4.78 is 38.8. The molecule has 1 aromatic carbocycles. The number of para-hydroxylation sites is 1. The van der Waals surface area contributed by atoms with Gasteiger partial charge in [0, 0.05) is 12.3 Å². The molecule has 0 saturated heterocycles. The van der Waals surface area contributed by atoms with Crippen LogP contribution in [0.2, 0.25) is 0 Å². The molecule has 0 heterocycles. The second-order valence-corrected chi connectivity index (χ2v) is 5.13. The van der Waals surface area contributed by atoms with Crippen LogP contribution in [-0.2, 0) is 11.9 Å². The maximum atomic E-state index is 12.9. The molecule has 1 rings (SSSR count). The summed E-state index contributed by atoms with van der Waals surface area (Å²) in [7, 11) is 0. The molecule has 0 aliphatic rings. The van der Waals surface area contributed by atoms with Crippen LogP contribution in [-0.4, -0.2) is 29.9 Å². The molecule has 0 spiro atoms.